The molecular weight excluding hydrogens is 382 g/mol. The predicted octanol–water partition coefficient (Wildman–Crippen LogP) is 3.83. The van der Waals surface area contributed by atoms with Crippen LogP contribution in [-0.4, -0.2) is 61.1 Å². The molecule has 7 heteroatoms. The van der Waals surface area contributed by atoms with E-state index >= 15 is 0 Å². The second-order valence-corrected chi connectivity index (χ2v) is 8.02. The highest BCUT2D eigenvalue weighted by Crippen LogP contribution is 2.31. The number of urea groups is 1. The molecule has 1 unspecified atom stereocenters. The van der Waals surface area contributed by atoms with Crippen LogP contribution in [0.25, 0.3) is 0 Å². The molecule has 1 aromatic rings. The molecule has 0 radical (unpaired) electrons. The summed E-state index contributed by atoms with van der Waals surface area (Å²) in [6, 6.07) is 5.68. The van der Waals surface area contributed by atoms with E-state index in [-0.39, 0.29) is 30.0 Å². The van der Waals surface area contributed by atoms with Crippen molar-refractivity contribution < 1.29 is 19.1 Å². The van der Waals surface area contributed by atoms with Crippen molar-refractivity contribution in [1.82, 2.24) is 15.1 Å². The molecule has 0 aliphatic carbocycles. The lowest BCUT2D eigenvalue weighted by molar-refractivity contribution is -0.127. The highest BCUT2D eigenvalue weighted by molar-refractivity contribution is 5.80. The van der Waals surface area contributed by atoms with E-state index in [9.17, 15) is 9.59 Å². The largest absolute Gasteiger partial charge is 0.493 e. The lowest BCUT2D eigenvalue weighted by Crippen LogP contribution is -2.48. The number of likely N-dealkylation sites (tertiary alicyclic amines) is 1. The molecule has 0 bridgehead atoms. The average molecular weight is 420 g/mol. The number of nitrogens with one attached hydrogen (secondary N) is 1. The van der Waals surface area contributed by atoms with Crippen molar-refractivity contribution in [3.8, 4) is 11.5 Å². The number of methoxy groups -OCH3 is 1. The Kier molecular flexibility index (Phi) is 8.81. The maximum atomic E-state index is 12.8. The molecule has 1 aromatic carbocycles. The van der Waals surface area contributed by atoms with Crippen molar-refractivity contribution in [3.05, 3.63) is 23.8 Å². The highest BCUT2D eigenvalue weighted by atomic mass is 16.5. The molecule has 30 heavy (non-hydrogen) atoms. The lowest BCUT2D eigenvalue weighted by atomic mass is 9.95. The molecule has 1 atom stereocenters. The summed E-state index contributed by atoms with van der Waals surface area (Å²) in [5.41, 5.74) is 0.963. The summed E-state index contributed by atoms with van der Waals surface area (Å²) in [6.45, 7) is 12.5. The summed E-state index contributed by atoms with van der Waals surface area (Å²) >= 11 is 0. The molecule has 0 saturated carbocycles. The van der Waals surface area contributed by atoms with Crippen LogP contribution in [0.3, 0.4) is 0 Å². The topological polar surface area (TPSA) is 71.1 Å². The Morgan fingerprint density at radius 2 is 1.77 bits per heavy atom. The van der Waals surface area contributed by atoms with Crippen LogP contribution in [-0.2, 0) is 4.79 Å². The minimum absolute atomic E-state index is 0.0407. The van der Waals surface area contributed by atoms with E-state index in [2.05, 4.69) is 5.32 Å². The number of carbonyl (C=O) groups is 2. The van der Waals surface area contributed by atoms with Gasteiger partial charge in [0.25, 0.3) is 0 Å². The van der Waals surface area contributed by atoms with Crippen LogP contribution >= 0.6 is 0 Å². The number of carbonyl (C=O) groups excluding carboxylic acids is 2. The number of ether oxygens (including phenoxy) is 2. The Hall–Kier alpha value is -2.44. The van der Waals surface area contributed by atoms with Crippen LogP contribution in [0.2, 0.25) is 0 Å². The number of rotatable bonds is 8. The molecule has 2 rings (SSSR count). The number of nitrogens with zero attached hydrogens (tertiary/aromatic N) is 2. The molecule has 1 fully saturated rings. The van der Waals surface area contributed by atoms with Crippen LogP contribution in [0.15, 0.2) is 18.2 Å². The first-order chi connectivity index (χ1) is 14.3. The Balaban J connectivity index is 1.93. The van der Waals surface area contributed by atoms with Crippen molar-refractivity contribution >= 4 is 11.9 Å². The summed E-state index contributed by atoms with van der Waals surface area (Å²) in [5, 5.41) is 3.12. The maximum absolute atomic E-state index is 12.8. The quantitative estimate of drug-likeness (QED) is 0.695. The molecule has 3 amide bonds. The molecule has 0 spiro atoms. The van der Waals surface area contributed by atoms with Crippen LogP contribution in [0.5, 0.6) is 11.5 Å². The number of hydrogen-bond acceptors (Lipinski definition) is 4. The molecule has 168 valence electrons. The van der Waals surface area contributed by atoms with E-state index in [0.29, 0.717) is 50.5 Å². The van der Waals surface area contributed by atoms with Gasteiger partial charge in [0.05, 0.1) is 19.3 Å². The number of amides is 3. The van der Waals surface area contributed by atoms with E-state index in [4.69, 9.17) is 9.47 Å². The molecule has 1 saturated heterocycles. The monoisotopic (exact) mass is 419 g/mol. The van der Waals surface area contributed by atoms with Gasteiger partial charge in [0, 0.05) is 32.1 Å². The summed E-state index contributed by atoms with van der Waals surface area (Å²) in [6.07, 6.45) is 1.44. The lowest BCUT2D eigenvalue weighted by Gasteiger charge is -2.35. The Labute approximate surface area is 180 Å². The van der Waals surface area contributed by atoms with Crippen LogP contribution in [0, 0.1) is 5.92 Å². The van der Waals surface area contributed by atoms with Crippen molar-refractivity contribution in [2.45, 2.75) is 59.6 Å². The van der Waals surface area contributed by atoms with Gasteiger partial charge in [-0.1, -0.05) is 6.07 Å². The normalized spacial score (nSPS) is 15.6. The predicted molar refractivity (Wildman–Crippen MR) is 118 cm³/mol. The second kappa shape index (κ2) is 11.1. The van der Waals surface area contributed by atoms with Crippen LogP contribution < -0.4 is 14.8 Å². The first-order valence-electron chi connectivity index (χ1n) is 11.0. The Bertz CT molecular complexity index is 710. The minimum Gasteiger partial charge on any atom is -0.493 e. The minimum atomic E-state index is -0.144. The fraction of sp³-hybridized carbons (Fsp3) is 0.652. The standard InChI is InChI=1S/C23H37N3O4/c1-7-25(8-2)23(28)26-13-11-18(12-14-26)22(27)24-17(5)19-9-10-20(30-16(3)4)21(15-19)29-6/h9-10,15-18H,7-8,11-14H2,1-6H3,(H,24,27). The molecular formula is C23H37N3O4. The molecule has 1 heterocycles. The summed E-state index contributed by atoms with van der Waals surface area (Å²) < 4.78 is 11.2. The van der Waals surface area contributed by atoms with Gasteiger partial charge in [0.1, 0.15) is 0 Å². The van der Waals surface area contributed by atoms with Gasteiger partial charge in [0.15, 0.2) is 11.5 Å². The van der Waals surface area contributed by atoms with E-state index in [1.54, 1.807) is 7.11 Å². The van der Waals surface area contributed by atoms with Gasteiger partial charge < -0.3 is 24.6 Å². The smallest absolute Gasteiger partial charge is 0.319 e. The molecule has 7 nitrogen and oxygen atoms in total. The van der Waals surface area contributed by atoms with Crippen LogP contribution in [0.1, 0.15) is 59.1 Å². The van der Waals surface area contributed by atoms with Gasteiger partial charge in [-0.05, 0) is 65.2 Å². The van der Waals surface area contributed by atoms with Gasteiger partial charge in [-0.3, -0.25) is 4.79 Å². The van der Waals surface area contributed by atoms with Gasteiger partial charge in [-0.2, -0.15) is 0 Å². The number of piperidine rings is 1. The van der Waals surface area contributed by atoms with Gasteiger partial charge in [-0.25, -0.2) is 4.79 Å². The zero-order chi connectivity index (χ0) is 22.3. The molecule has 1 aliphatic heterocycles. The second-order valence-electron chi connectivity index (χ2n) is 8.02. The van der Waals surface area contributed by atoms with E-state index in [1.165, 1.54) is 0 Å². The fourth-order valence-corrected chi connectivity index (χ4v) is 3.75. The van der Waals surface area contributed by atoms with Crippen molar-refractivity contribution in [1.29, 1.82) is 0 Å². The van der Waals surface area contributed by atoms with E-state index in [1.807, 2.05) is 62.6 Å². The van der Waals surface area contributed by atoms with Crippen molar-refractivity contribution in [2.24, 2.45) is 5.92 Å². The third kappa shape index (κ3) is 6.03. The van der Waals surface area contributed by atoms with E-state index in [0.717, 1.165) is 5.56 Å². The zero-order valence-corrected chi connectivity index (χ0v) is 19.2. The van der Waals surface area contributed by atoms with Crippen LogP contribution in [0.4, 0.5) is 4.79 Å². The SMILES string of the molecule is CCN(CC)C(=O)N1CCC(C(=O)NC(C)c2ccc(OC(C)C)c(OC)c2)CC1. The number of hydrogen-bond donors (Lipinski definition) is 1. The van der Waals surface area contributed by atoms with Gasteiger partial charge in [0.2, 0.25) is 5.91 Å². The van der Waals surface area contributed by atoms with Gasteiger partial charge >= 0.3 is 6.03 Å². The molecule has 1 N–H and O–H groups in total. The van der Waals surface area contributed by atoms with Crippen molar-refractivity contribution in [3.63, 3.8) is 0 Å². The molecule has 1 aliphatic rings. The van der Waals surface area contributed by atoms with Crippen molar-refractivity contribution in [2.75, 3.05) is 33.3 Å². The summed E-state index contributed by atoms with van der Waals surface area (Å²) in [4.78, 5) is 29.0. The first-order valence-corrected chi connectivity index (χ1v) is 11.0. The number of benzene rings is 1. The fourth-order valence-electron chi connectivity index (χ4n) is 3.75. The zero-order valence-electron chi connectivity index (χ0n) is 19.2. The van der Waals surface area contributed by atoms with Gasteiger partial charge in [-0.15, -0.1) is 0 Å². The third-order valence-corrected chi connectivity index (χ3v) is 5.58. The van der Waals surface area contributed by atoms with E-state index < -0.39 is 0 Å². The third-order valence-electron chi connectivity index (χ3n) is 5.58. The maximum Gasteiger partial charge on any atom is 0.319 e. The average Bonchev–Trinajstić information content (AvgIpc) is 2.74. The summed E-state index contributed by atoms with van der Waals surface area (Å²) in [7, 11) is 1.61. The Morgan fingerprint density at radius 1 is 1.13 bits per heavy atom. The Morgan fingerprint density at radius 3 is 2.30 bits per heavy atom. The highest BCUT2D eigenvalue weighted by Gasteiger charge is 2.29. The summed E-state index contributed by atoms with van der Waals surface area (Å²) in [5.74, 6) is 1.32. The first kappa shape index (κ1) is 23.8. The molecule has 0 aromatic heterocycles.